The number of aromatic nitrogens is 2. The van der Waals surface area contributed by atoms with E-state index in [9.17, 15) is 10.2 Å². The molecule has 0 fully saturated rings. The number of imidazole rings is 1. The van der Waals surface area contributed by atoms with Gasteiger partial charge in [-0.05, 0) is 24.7 Å². The molecule has 0 saturated heterocycles. The quantitative estimate of drug-likeness (QED) is 0.709. The van der Waals surface area contributed by atoms with Crippen LogP contribution in [0.2, 0.25) is 0 Å². The average Bonchev–Trinajstić information content (AvgIpc) is 2.81. The molecule has 4 heteroatoms. The second-order valence-electron chi connectivity index (χ2n) is 6.24. The Balaban J connectivity index is 2.78. The molecule has 0 aromatic carbocycles. The number of hydrogen-bond acceptors (Lipinski definition) is 2. The van der Waals surface area contributed by atoms with E-state index in [-0.39, 0.29) is 25.3 Å². The van der Waals surface area contributed by atoms with Gasteiger partial charge in [0.25, 0.3) is 0 Å². The van der Waals surface area contributed by atoms with Crippen LogP contribution in [0.3, 0.4) is 0 Å². The van der Waals surface area contributed by atoms with Crippen molar-refractivity contribution < 1.29 is 14.8 Å². The van der Waals surface area contributed by atoms with Crippen LogP contribution in [0.15, 0.2) is 18.7 Å². The first-order valence-electron chi connectivity index (χ1n) is 7.27. The van der Waals surface area contributed by atoms with Crippen LogP contribution >= 0.6 is 0 Å². The molecular formula is C15H29N2O2+. The van der Waals surface area contributed by atoms with Crippen molar-refractivity contribution in [3.63, 3.8) is 0 Å². The van der Waals surface area contributed by atoms with Gasteiger partial charge in [0.2, 0.25) is 6.33 Å². The van der Waals surface area contributed by atoms with Crippen LogP contribution in [0.25, 0.3) is 0 Å². The van der Waals surface area contributed by atoms with Crippen molar-refractivity contribution in [1.29, 1.82) is 0 Å². The zero-order valence-electron chi connectivity index (χ0n) is 12.7. The van der Waals surface area contributed by atoms with E-state index >= 15 is 0 Å². The molecule has 0 aliphatic heterocycles. The molecule has 1 aromatic heterocycles. The third-order valence-electron chi connectivity index (χ3n) is 3.43. The minimum absolute atomic E-state index is 0.125. The number of nitrogens with zero attached hydrogens (tertiary/aromatic N) is 2. The fourth-order valence-electron chi connectivity index (χ4n) is 2.49. The zero-order chi connectivity index (χ0) is 14.4. The average molecular weight is 269 g/mol. The van der Waals surface area contributed by atoms with Gasteiger partial charge >= 0.3 is 0 Å². The van der Waals surface area contributed by atoms with E-state index in [2.05, 4.69) is 36.8 Å². The van der Waals surface area contributed by atoms with E-state index in [0.29, 0.717) is 11.8 Å². The Morgan fingerprint density at radius 3 is 2.11 bits per heavy atom. The highest BCUT2D eigenvalue weighted by Crippen LogP contribution is 2.17. The summed E-state index contributed by atoms with van der Waals surface area (Å²) in [7, 11) is 0. The van der Waals surface area contributed by atoms with Gasteiger partial charge < -0.3 is 10.2 Å². The lowest BCUT2D eigenvalue weighted by atomic mass is 10.0. The molecular weight excluding hydrogens is 240 g/mol. The van der Waals surface area contributed by atoms with Gasteiger partial charge in [-0.15, -0.1) is 0 Å². The Morgan fingerprint density at radius 1 is 1.00 bits per heavy atom. The summed E-state index contributed by atoms with van der Waals surface area (Å²) >= 11 is 0. The topological polar surface area (TPSA) is 49.3 Å². The molecule has 0 radical (unpaired) electrons. The second-order valence-corrected chi connectivity index (χ2v) is 6.24. The Morgan fingerprint density at radius 2 is 1.63 bits per heavy atom. The lowest BCUT2D eigenvalue weighted by molar-refractivity contribution is -0.725. The molecule has 4 nitrogen and oxygen atoms in total. The van der Waals surface area contributed by atoms with Gasteiger partial charge in [-0.2, -0.15) is 0 Å². The number of hydrogen-bond donors (Lipinski definition) is 2. The van der Waals surface area contributed by atoms with Crippen molar-refractivity contribution >= 4 is 0 Å². The van der Waals surface area contributed by atoms with Crippen molar-refractivity contribution in [2.45, 2.75) is 52.6 Å². The fourth-order valence-corrected chi connectivity index (χ4v) is 2.49. The van der Waals surface area contributed by atoms with E-state index in [1.165, 1.54) is 0 Å². The van der Waals surface area contributed by atoms with Crippen LogP contribution < -0.4 is 4.57 Å². The predicted octanol–water partition coefficient (Wildman–Crippen LogP) is 1.93. The SMILES string of the molecule is CC(C)C[C@@H](CO)n1cc[n+]([C@H](CO)CC(C)C)c1. The van der Waals surface area contributed by atoms with Crippen molar-refractivity contribution in [2.24, 2.45) is 11.8 Å². The smallest absolute Gasteiger partial charge is 0.244 e. The van der Waals surface area contributed by atoms with Crippen LogP contribution in [0.4, 0.5) is 0 Å². The first kappa shape index (κ1) is 16.2. The van der Waals surface area contributed by atoms with Crippen LogP contribution in [0, 0.1) is 11.8 Å². The molecule has 0 saturated carbocycles. The standard InChI is InChI=1S/C15H29N2O2/c1-12(2)7-14(9-18)16-5-6-17(11-16)15(10-19)8-13(3)4/h5-6,11-15,18-19H,7-10H2,1-4H3/q+1/t14-,15-/m0/s1. The molecule has 1 heterocycles. The van der Waals surface area contributed by atoms with Crippen LogP contribution in [0.1, 0.15) is 52.6 Å². The summed E-state index contributed by atoms with van der Waals surface area (Å²) in [6.45, 7) is 8.96. The number of rotatable bonds is 8. The van der Waals surface area contributed by atoms with Crippen LogP contribution in [0.5, 0.6) is 0 Å². The van der Waals surface area contributed by atoms with Gasteiger partial charge in [-0.3, -0.25) is 0 Å². The van der Waals surface area contributed by atoms with Gasteiger partial charge in [0.1, 0.15) is 24.5 Å². The molecule has 1 rings (SSSR count). The van der Waals surface area contributed by atoms with E-state index in [0.717, 1.165) is 12.8 Å². The van der Waals surface area contributed by atoms with Gasteiger partial charge in [-0.25, -0.2) is 9.13 Å². The summed E-state index contributed by atoms with van der Waals surface area (Å²) in [6, 6.07) is 0.249. The van der Waals surface area contributed by atoms with Crippen LogP contribution in [-0.4, -0.2) is 28.0 Å². The normalized spacial score (nSPS) is 15.2. The molecule has 110 valence electrons. The van der Waals surface area contributed by atoms with Gasteiger partial charge in [0, 0.05) is 0 Å². The summed E-state index contributed by atoms with van der Waals surface area (Å²) in [4.78, 5) is 0. The number of aliphatic hydroxyl groups is 2. The molecule has 0 aliphatic carbocycles. The second kappa shape index (κ2) is 7.65. The van der Waals surface area contributed by atoms with E-state index in [1.54, 1.807) is 0 Å². The van der Waals surface area contributed by atoms with Gasteiger partial charge in [-0.1, -0.05) is 27.7 Å². The largest absolute Gasteiger partial charge is 0.392 e. The lowest BCUT2D eigenvalue weighted by Crippen LogP contribution is -2.40. The molecule has 0 amide bonds. The Bertz CT molecular complexity index is 328. The van der Waals surface area contributed by atoms with E-state index in [4.69, 9.17) is 0 Å². The van der Waals surface area contributed by atoms with Crippen molar-refractivity contribution in [3.8, 4) is 0 Å². The Labute approximate surface area is 116 Å². The van der Waals surface area contributed by atoms with E-state index < -0.39 is 0 Å². The van der Waals surface area contributed by atoms with Crippen molar-refractivity contribution in [2.75, 3.05) is 13.2 Å². The molecule has 0 aliphatic rings. The fraction of sp³-hybridized carbons (Fsp3) is 0.800. The highest BCUT2D eigenvalue weighted by Gasteiger charge is 2.21. The summed E-state index contributed by atoms with van der Waals surface area (Å²) < 4.78 is 4.12. The highest BCUT2D eigenvalue weighted by atomic mass is 16.3. The minimum atomic E-state index is 0.125. The minimum Gasteiger partial charge on any atom is -0.392 e. The molecule has 0 spiro atoms. The molecule has 2 atom stereocenters. The maximum atomic E-state index is 9.50. The first-order chi connectivity index (χ1) is 8.97. The van der Waals surface area contributed by atoms with Gasteiger partial charge in [0.05, 0.1) is 13.2 Å². The third kappa shape index (κ3) is 4.96. The van der Waals surface area contributed by atoms with Crippen LogP contribution in [-0.2, 0) is 0 Å². The molecule has 2 N–H and O–H groups in total. The van der Waals surface area contributed by atoms with E-state index in [1.807, 2.05) is 18.7 Å². The molecule has 1 aromatic rings. The molecule has 19 heavy (non-hydrogen) atoms. The summed E-state index contributed by atoms with van der Waals surface area (Å²) in [5.41, 5.74) is 0. The monoisotopic (exact) mass is 269 g/mol. The zero-order valence-corrected chi connectivity index (χ0v) is 12.7. The summed E-state index contributed by atoms with van der Waals surface area (Å²) in [5.74, 6) is 1.11. The predicted molar refractivity (Wildman–Crippen MR) is 75.8 cm³/mol. The highest BCUT2D eigenvalue weighted by molar-refractivity contribution is 4.76. The third-order valence-corrected chi connectivity index (χ3v) is 3.43. The maximum Gasteiger partial charge on any atom is 0.244 e. The summed E-state index contributed by atoms with van der Waals surface area (Å²) in [6.07, 6.45) is 7.91. The van der Waals surface area contributed by atoms with Gasteiger partial charge in [0.15, 0.2) is 0 Å². The number of aliphatic hydroxyl groups excluding tert-OH is 2. The summed E-state index contributed by atoms with van der Waals surface area (Å²) in [5, 5.41) is 19.0. The molecule has 0 unspecified atom stereocenters. The van der Waals surface area contributed by atoms with Crippen molar-refractivity contribution in [1.82, 2.24) is 4.57 Å². The maximum absolute atomic E-state index is 9.50. The first-order valence-corrected chi connectivity index (χ1v) is 7.27. The Hall–Kier alpha value is -0.870. The Kier molecular flexibility index (Phi) is 6.52. The molecule has 0 bridgehead atoms. The lowest BCUT2D eigenvalue weighted by Gasteiger charge is -2.14. The van der Waals surface area contributed by atoms with Crippen molar-refractivity contribution in [3.05, 3.63) is 18.7 Å².